The fraction of sp³-hybridized carbons (Fsp3) is 0.778. The Balaban J connectivity index is 3.75. The Morgan fingerprint density at radius 1 is 1.29 bits per heavy atom. The van der Waals surface area contributed by atoms with Crippen molar-refractivity contribution in [3.63, 3.8) is 0 Å². The molecule has 0 aliphatic heterocycles. The molecule has 0 saturated carbocycles. The van der Waals surface area contributed by atoms with Crippen molar-refractivity contribution in [1.29, 1.82) is 0 Å². The van der Waals surface area contributed by atoms with Crippen molar-refractivity contribution in [1.82, 2.24) is 5.32 Å². The lowest BCUT2D eigenvalue weighted by atomic mass is 10.1. The third-order valence-electron chi connectivity index (χ3n) is 1.78. The molecule has 0 rings (SSSR count). The summed E-state index contributed by atoms with van der Waals surface area (Å²) < 4.78 is 4.51. The summed E-state index contributed by atoms with van der Waals surface area (Å²) in [5, 5.41) is 3.07. The lowest BCUT2D eigenvalue weighted by Crippen LogP contribution is -2.38. The third kappa shape index (κ3) is 6.42. The van der Waals surface area contributed by atoms with Gasteiger partial charge in [-0.1, -0.05) is 0 Å². The van der Waals surface area contributed by atoms with Gasteiger partial charge < -0.3 is 15.8 Å². The van der Waals surface area contributed by atoms with Gasteiger partial charge in [-0.15, -0.1) is 0 Å². The molecule has 5 nitrogen and oxygen atoms in total. The first-order valence-corrected chi connectivity index (χ1v) is 4.56. The molecule has 0 saturated heterocycles. The minimum absolute atomic E-state index is 0.0169. The summed E-state index contributed by atoms with van der Waals surface area (Å²) >= 11 is 0. The van der Waals surface area contributed by atoms with Crippen LogP contribution in [0.1, 0.15) is 26.7 Å². The van der Waals surface area contributed by atoms with Gasteiger partial charge in [-0.3, -0.25) is 9.59 Å². The van der Waals surface area contributed by atoms with E-state index < -0.39 is 0 Å². The van der Waals surface area contributed by atoms with Crippen LogP contribution in [-0.4, -0.2) is 31.1 Å². The number of nitrogens with two attached hydrogens (primary N) is 1. The van der Waals surface area contributed by atoms with Gasteiger partial charge in [0.2, 0.25) is 5.91 Å². The predicted molar refractivity (Wildman–Crippen MR) is 52.5 cm³/mol. The van der Waals surface area contributed by atoms with Gasteiger partial charge in [0.1, 0.15) is 0 Å². The normalized spacial score (nSPS) is 14.5. The molecule has 5 heteroatoms. The minimum Gasteiger partial charge on any atom is -0.469 e. The maximum atomic E-state index is 10.9. The second-order valence-electron chi connectivity index (χ2n) is 3.42. The quantitative estimate of drug-likeness (QED) is 0.584. The molecule has 2 unspecified atom stereocenters. The van der Waals surface area contributed by atoms with Crippen molar-refractivity contribution in [2.45, 2.75) is 38.8 Å². The summed E-state index contributed by atoms with van der Waals surface area (Å²) in [5.74, 6) is -0.619. The van der Waals surface area contributed by atoms with E-state index in [4.69, 9.17) is 5.73 Å². The smallest absolute Gasteiger partial charge is 0.307 e. The van der Waals surface area contributed by atoms with Crippen LogP contribution in [0.2, 0.25) is 0 Å². The average Bonchev–Trinajstić information content (AvgIpc) is 2.01. The van der Waals surface area contributed by atoms with Crippen LogP contribution < -0.4 is 11.1 Å². The predicted octanol–water partition coefficient (Wildman–Crippen LogP) is -0.208. The molecule has 14 heavy (non-hydrogen) atoms. The van der Waals surface area contributed by atoms with Gasteiger partial charge in [0.05, 0.1) is 13.5 Å². The maximum Gasteiger partial charge on any atom is 0.307 e. The van der Waals surface area contributed by atoms with E-state index >= 15 is 0 Å². The number of carbonyl (C=O) groups is 2. The van der Waals surface area contributed by atoms with Crippen LogP contribution >= 0.6 is 0 Å². The van der Waals surface area contributed by atoms with Crippen LogP contribution in [0.15, 0.2) is 0 Å². The first-order chi connectivity index (χ1) is 6.45. The van der Waals surface area contributed by atoms with Crippen molar-refractivity contribution in [2.75, 3.05) is 7.11 Å². The lowest BCUT2D eigenvalue weighted by Gasteiger charge is -2.17. The van der Waals surface area contributed by atoms with E-state index in [0.29, 0.717) is 6.42 Å². The zero-order chi connectivity index (χ0) is 11.1. The van der Waals surface area contributed by atoms with Crippen molar-refractivity contribution >= 4 is 11.9 Å². The number of amides is 1. The van der Waals surface area contributed by atoms with Crippen LogP contribution in [0.3, 0.4) is 0 Å². The molecule has 0 bridgehead atoms. The Labute approximate surface area is 84.0 Å². The first-order valence-electron chi connectivity index (χ1n) is 4.56. The molecule has 0 aliphatic rings. The molecule has 0 aromatic rings. The largest absolute Gasteiger partial charge is 0.469 e. The highest BCUT2D eigenvalue weighted by atomic mass is 16.5. The number of ether oxygens (including phenoxy) is 1. The van der Waals surface area contributed by atoms with Crippen molar-refractivity contribution in [2.24, 2.45) is 5.73 Å². The van der Waals surface area contributed by atoms with E-state index in [2.05, 4.69) is 10.1 Å². The number of hydrogen-bond acceptors (Lipinski definition) is 4. The second kappa shape index (κ2) is 6.37. The van der Waals surface area contributed by atoms with E-state index in [1.165, 1.54) is 7.11 Å². The zero-order valence-corrected chi connectivity index (χ0v) is 8.87. The third-order valence-corrected chi connectivity index (χ3v) is 1.78. The Morgan fingerprint density at radius 3 is 2.21 bits per heavy atom. The molecule has 3 N–H and O–H groups in total. The van der Waals surface area contributed by atoms with Gasteiger partial charge in [-0.25, -0.2) is 0 Å². The fourth-order valence-electron chi connectivity index (χ4n) is 1.24. The maximum absolute atomic E-state index is 10.9. The monoisotopic (exact) mass is 202 g/mol. The Morgan fingerprint density at radius 2 is 1.79 bits per heavy atom. The highest BCUT2D eigenvalue weighted by molar-refractivity contribution is 5.74. The van der Waals surface area contributed by atoms with E-state index in [1.54, 1.807) is 0 Å². The molecule has 0 aromatic heterocycles. The first kappa shape index (κ1) is 12.9. The van der Waals surface area contributed by atoms with Gasteiger partial charge in [-0.05, 0) is 13.8 Å². The molecule has 1 amide bonds. The molecule has 0 fully saturated rings. The number of primary amides is 1. The van der Waals surface area contributed by atoms with E-state index in [0.717, 1.165) is 0 Å². The standard InChI is InChI=1S/C9H18N2O3/c1-6(4-8(10)12)11-7(2)5-9(13)14-3/h6-7,11H,4-5H2,1-3H3,(H2,10,12). The molecule has 0 aliphatic carbocycles. The van der Waals surface area contributed by atoms with Crippen LogP contribution in [0.5, 0.6) is 0 Å². The van der Waals surface area contributed by atoms with Gasteiger partial charge in [0.25, 0.3) is 0 Å². The lowest BCUT2D eigenvalue weighted by molar-refractivity contribution is -0.141. The second-order valence-corrected chi connectivity index (χ2v) is 3.42. The number of methoxy groups -OCH3 is 1. The average molecular weight is 202 g/mol. The van der Waals surface area contributed by atoms with Crippen LogP contribution in [-0.2, 0) is 14.3 Å². The molecule has 82 valence electrons. The van der Waals surface area contributed by atoms with Crippen molar-refractivity contribution in [3.05, 3.63) is 0 Å². The molecule has 0 aromatic carbocycles. The zero-order valence-electron chi connectivity index (χ0n) is 8.87. The van der Waals surface area contributed by atoms with Gasteiger partial charge in [0.15, 0.2) is 0 Å². The van der Waals surface area contributed by atoms with Gasteiger partial charge in [0, 0.05) is 18.5 Å². The summed E-state index contributed by atoms with van der Waals surface area (Å²) in [5.41, 5.74) is 5.03. The van der Waals surface area contributed by atoms with Crippen LogP contribution in [0.4, 0.5) is 0 Å². The fourth-order valence-corrected chi connectivity index (χ4v) is 1.24. The molecule has 0 radical (unpaired) electrons. The van der Waals surface area contributed by atoms with Gasteiger partial charge in [-0.2, -0.15) is 0 Å². The molecular formula is C9H18N2O3. The van der Waals surface area contributed by atoms with Crippen molar-refractivity contribution in [3.8, 4) is 0 Å². The van der Waals surface area contributed by atoms with Gasteiger partial charge >= 0.3 is 5.97 Å². The summed E-state index contributed by atoms with van der Waals surface area (Å²) in [6, 6.07) is -0.0380. The molecule has 0 spiro atoms. The molecule has 2 atom stereocenters. The molecule has 0 heterocycles. The van der Waals surface area contributed by atoms with Crippen LogP contribution in [0, 0.1) is 0 Å². The van der Waals surface area contributed by atoms with Crippen LogP contribution in [0.25, 0.3) is 0 Å². The van der Waals surface area contributed by atoms with E-state index in [-0.39, 0.29) is 30.4 Å². The highest BCUT2D eigenvalue weighted by Gasteiger charge is 2.12. The minimum atomic E-state index is -0.352. The summed E-state index contributed by atoms with van der Waals surface area (Å²) in [7, 11) is 1.35. The SMILES string of the molecule is COC(=O)CC(C)NC(C)CC(N)=O. The van der Waals surface area contributed by atoms with E-state index in [1.807, 2.05) is 13.8 Å². The number of rotatable bonds is 6. The van der Waals surface area contributed by atoms with E-state index in [9.17, 15) is 9.59 Å². The number of hydrogen-bond donors (Lipinski definition) is 2. The summed E-state index contributed by atoms with van der Waals surface area (Å²) in [4.78, 5) is 21.4. The Bertz CT molecular complexity index is 206. The van der Waals surface area contributed by atoms with Crippen molar-refractivity contribution < 1.29 is 14.3 Å². The summed E-state index contributed by atoms with van der Waals surface area (Å²) in [6.07, 6.45) is 0.561. The molecular weight excluding hydrogens is 184 g/mol. The topological polar surface area (TPSA) is 81.4 Å². The summed E-state index contributed by atoms with van der Waals surface area (Å²) in [6.45, 7) is 3.70. The number of carbonyl (C=O) groups excluding carboxylic acids is 2. The number of nitrogens with one attached hydrogen (secondary N) is 1. The Hall–Kier alpha value is -1.10. The Kier molecular flexibility index (Phi) is 5.87. The highest BCUT2D eigenvalue weighted by Crippen LogP contribution is 1.97. The number of esters is 1.